The lowest BCUT2D eigenvalue weighted by molar-refractivity contribution is -0.251. The first-order chi connectivity index (χ1) is 8.22. The van der Waals surface area contributed by atoms with Crippen molar-refractivity contribution in [1.82, 2.24) is 0 Å². The van der Waals surface area contributed by atoms with Gasteiger partial charge in [-0.05, 0) is 51.4 Å². The van der Waals surface area contributed by atoms with Crippen LogP contribution in [0.4, 0.5) is 0 Å². The maximum absolute atomic E-state index is 11.5. The van der Waals surface area contributed by atoms with Gasteiger partial charge in [0.2, 0.25) is 0 Å². The normalized spacial score (nSPS) is 43.1. The van der Waals surface area contributed by atoms with E-state index in [2.05, 4.69) is 27.7 Å². The van der Waals surface area contributed by atoms with Gasteiger partial charge in [0.05, 0.1) is 6.10 Å². The molecule has 0 aromatic heterocycles. The third-order valence-corrected chi connectivity index (χ3v) is 5.08. The fraction of sp³-hybridized carbons (Fsp3) is 0.933. The fourth-order valence-electron chi connectivity index (χ4n) is 4.19. The van der Waals surface area contributed by atoms with E-state index >= 15 is 0 Å². The smallest absolute Gasteiger partial charge is 0.303 e. The van der Waals surface area contributed by atoms with Crippen molar-refractivity contribution in [2.45, 2.75) is 84.0 Å². The highest BCUT2D eigenvalue weighted by Crippen LogP contribution is 2.58. The SMILES string of the molecule is CC(=O)OC1(C)CCCC(C)(C)[C@]12CC[C@H](C)O2. The van der Waals surface area contributed by atoms with Gasteiger partial charge in [-0.15, -0.1) is 0 Å². The molecule has 2 fully saturated rings. The number of esters is 1. The van der Waals surface area contributed by atoms with Crippen molar-refractivity contribution in [2.24, 2.45) is 5.41 Å². The van der Waals surface area contributed by atoms with Gasteiger partial charge in [0.15, 0.2) is 0 Å². The molecule has 3 nitrogen and oxygen atoms in total. The quantitative estimate of drug-likeness (QED) is 0.672. The van der Waals surface area contributed by atoms with Crippen molar-refractivity contribution < 1.29 is 14.3 Å². The molecule has 1 aliphatic heterocycles. The van der Waals surface area contributed by atoms with Crippen LogP contribution < -0.4 is 0 Å². The first-order valence-electron chi connectivity index (χ1n) is 7.10. The summed E-state index contributed by atoms with van der Waals surface area (Å²) < 4.78 is 12.1. The van der Waals surface area contributed by atoms with Crippen LogP contribution in [0.15, 0.2) is 0 Å². The largest absolute Gasteiger partial charge is 0.456 e. The molecule has 3 heteroatoms. The summed E-state index contributed by atoms with van der Waals surface area (Å²) in [5.41, 5.74) is -0.741. The molecule has 2 aliphatic rings. The molecule has 0 amide bonds. The fourth-order valence-corrected chi connectivity index (χ4v) is 4.19. The molecule has 0 N–H and O–H groups in total. The summed E-state index contributed by atoms with van der Waals surface area (Å²) in [6.07, 6.45) is 5.44. The third kappa shape index (κ3) is 1.87. The molecule has 0 radical (unpaired) electrons. The molecule has 3 atom stereocenters. The minimum absolute atomic E-state index is 0.0558. The molecule has 1 saturated carbocycles. The van der Waals surface area contributed by atoms with Crippen LogP contribution in [-0.2, 0) is 14.3 Å². The lowest BCUT2D eigenvalue weighted by Crippen LogP contribution is -2.64. The van der Waals surface area contributed by atoms with E-state index in [9.17, 15) is 4.79 Å². The molecule has 1 unspecified atom stereocenters. The molecule has 0 bridgehead atoms. The van der Waals surface area contributed by atoms with Gasteiger partial charge in [0, 0.05) is 6.92 Å². The maximum Gasteiger partial charge on any atom is 0.303 e. The first-order valence-corrected chi connectivity index (χ1v) is 7.10. The van der Waals surface area contributed by atoms with E-state index in [0.717, 1.165) is 32.1 Å². The zero-order valence-electron chi connectivity index (χ0n) is 12.3. The Morgan fingerprint density at radius 1 is 1.22 bits per heavy atom. The van der Waals surface area contributed by atoms with Crippen molar-refractivity contribution in [3.8, 4) is 0 Å². The Balaban J connectivity index is 2.40. The van der Waals surface area contributed by atoms with Crippen LogP contribution in [0.3, 0.4) is 0 Å². The third-order valence-electron chi connectivity index (χ3n) is 5.08. The Morgan fingerprint density at radius 3 is 2.39 bits per heavy atom. The summed E-state index contributed by atoms with van der Waals surface area (Å²) in [7, 11) is 0. The molecular weight excluding hydrogens is 228 g/mol. The summed E-state index contributed by atoms with van der Waals surface area (Å²) >= 11 is 0. The average Bonchev–Trinajstić information content (AvgIpc) is 2.59. The van der Waals surface area contributed by atoms with Crippen molar-refractivity contribution in [3.05, 3.63) is 0 Å². The highest BCUT2D eigenvalue weighted by Gasteiger charge is 2.64. The van der Waals surface area contributed by atoms with E-state index in [1.54, 1.807) is 0 Å². The minimum Gasteiger partial charge on any atom is -0.456 e. The zero-order chi connectivity index (χ0) is 13.6. The predicted molar refractivity (Wildman–Crippen MR) is 70.3 cm³/mol. The van der Waals surface area contributed by atoms with Crippen molar-refractivity contribution in [3.63, 3.8) is 0 Å². The number of rotatable bonds is 1. The summed E-state index contributed by atoms with van der Waals surface area (Å²) in [5.74, 6) is -0.197. The highest BCUT2D eigenvalue weighted by atomic mass is 16.6. The number of carbonyl (C=O) groups is 1. The monoisotopic (exact) mass is 254 g/mol. The lowest BCUT2D eigenvalue weighted by atomic mass is 9.57. The molecule has 1 saturated heterocycles. The maximum atomic E-state index is 11.5. The van der Waals surface area contributed by atoms with E-state index in [4.69, 9.17) is 9.47 Å². The van der Waals surface area contributed by atoms with Crippen molar-refractivity contribution in [2.75, 3.05) is 0 Å². The Kier molecular flexibility index (Phi) is 3.25. The van der Waals surface area contributed by atoms with Crippen LogP contribution in [0.1, 0.15) is 66.7 Å². The van der Waals surface area contributed by atoms with Gasteiger partial charge >= 0.3 is 5.97 Å². The number of ether oxygens (including phenoxy) is 2. The van der Waals surface area contributed by atoms with Crippen LogP contribution in [0.25, 0.3) is 0 Å². The second-order valence-corrected chi connectivity index (χ2v) is 6.86. The Labute approximate surface area is 110 Å². The van der Waals surface area contributed by atoms with Crippen LogP contribution >= 0.6 is 0 Å². The lowest BCUT2D eigenvalue weighted by Gasteiger charge is -2.57. The van der Waals surface area contributed by atoms with Gasteiger partial charge in [0.25, 0.3) is 0 Å². The Bertz CT molecular complexity index is 350. The molecule has 1 spiro atoms. The molecule has 104 valence electrons. The summed E-state index contributed by atoms with van der Waals surface area (Å²) in [6, 6.07) is 0. The van der Waals surface area contributed by atoms with E-state index in [0.29, 0.717) is 0 Å². The van der Waals surface area contributed by atoms with Crippen molar-refractivity contribution >= 4 is 5.97 Å². The Hall–Kier alpha value is -0.570. The van der Waals surface area contributed by atoms with Crippen LogP contribution in [-0.4, -0.2) is 23.3 Å². The van der Waals surface area contributed by atoms with Crippen LogP contribution in [0, 0.1) is 5.41 Å². The summed E-state index contributed by atoms with van der Waals surface area (Å²) in [5, 5.41) is 0. The molecule has 1 heterocycles. The van der Waals surface area contributed by atoms with Crippen LogP contribution in [0.5, 0.6) is 0 Å². The molecular formula is C15H26O3. The number of hydrogen-bond donors (Lipinski definition) is 0. The predicted octanol–water partition coefficient (Wildman–Crippen LogP) is 3.46. The van der Waals surface area contributed by atoms with E-state index in [1.165, 1.54) is 6.92 Å². The molecule has 18 heavy (non-hydrogen) atoms. The topological polar surface area (TPSA) is 35.5 Å². The highest BCUT2D eigenvalue weighted by molar-refractivity contribution is 5.66. The average molecular weight is 254 g/mol. The minimum atomic E-state index is -0.481. The second-order valence-electron chi connectivity index (χ2n) is 6.86. The second kappa shape index (κ2) is 4.22. The van der Waals surface area contributed by atoms with E-state index in [-0.39, 0.29) is 23.1 Å². The summed E-state index contributed by atoms with van der Waals surface area (Å²) in [4.78, 5) is 11.5. The van der Waals surface area contributed by atoms with Crippen molar-refractivity contribution in [1.29, 1.82) is 0 Å². The number of carbonyl (C=O) groups excluding carboxylic acids is 1. The standard InChI is InChI=1S/C15H26O3/c1-11-7-10-15(17-11)13(3,4)8-6-9-14(15,5)18-12(2)16/h11H,6-10H2,1-5H3/t11-,14?,15+/m0/s1. The van der Waals surface area contributed by atoms with Gasteiger partial charge in [0.1, 0.15) is 11.2 Å². The van der Waals surface area contributed by atoms with E-state index in [1.807, 2.05) is 0 Å². The molecule has 1 aliphatic carbocycles. The van der Waals surface area contributed by atoms with Gasteiger partial charge in [-0.25, -0.2) is 0 Å². The van der Waals surface area contributed by atoms with E-state index < -0.39 is 5.60 Å². The molecule has 2 rings (SSSR count). The van der Waals surface area contributed by atoms with Gasteiger partial charge in [-0.1, -0.05) is 13.8 Å². The van der Waals surface area contributed by atoms with Gasteiger partial charge in [-0.3, -0.25) is 4.79 Å². The van der Waals surface area contributed by atoms with Crippen LogP contribution in [0.2, 0.25) is 0 Å². The zero-order valence-corrected chi connectivity index (χ0v) is 12.3. The molecule has 0 aromatic carbocycles. The molecule has 0 aromatic rings. The van der Waals surface area contributed by atoms with Gasteiger partial charge in [-0.2, -0.15) is 0 Å². The Morgan fingerprint density at radius 2 is 1.89 bits per heavy atom. The summed E-state index contributed by atoms with van der Waals surface area (Å²) in [6.45, 7) is 10.2. The van der Waals surface area contributed by atoms with Gasteiger partial charge < -0.3 is 9.47 Å². The number of hydrogen-bond acceptors (Lipinski definition) is 3. The first kappa shape index (κ1) is 13.9.